The van der Waals surface area contributed by atoms with Crippen molar-refractivity contribution < 1.29 is 9.59 Å². The van der Waals surface area contributed by atoms with Crippen LogP contribution in [-0.4, -0.2) is 23.3 Å². The van der Waals surface area contributed by atoms with E-state index in [2.05, 4.69) is 5.32 Å². The first-order valence-electron chi connectivity index (χ1n) is 9.38. The van der Waals surface area contributed by atoms with Crippen LogP contribution in [0.25, 0.3) is 0 Å². The molecule has 0 radical (unpaired) electrons. The van der Waals surface area contributed by atoms with Crippen molar-refractivity contribution in [2.24, 2.45) is 0 Å². The van der Waals surface area contributed by atoms with Gasteiger partial charge in [0.05, 0.1) is 0 Å². The Balaban J connectivity index is 1.69. The first-order valence-corrected chi connectivity index (χ1v) is 9.38. The second-order valence-electron chi connectivity index (χ2n) is 6.65. The lowest BCUT2D eigenvalue weighted by atomic mass is 10.1. The highest BCUT2D eigenvalue weighted by molar-refractivity contribution is 6.05. The van der Waals surface area contributed by atoms with Gasteiger partial charge >= 0.3 is 0 Å². The van der Waals surface area contributed by atoms with Gasteiger partial charge in [0, 0.05) is 29.9 Å². The summed E-state index contributed by atoms with van der Waals surface area (Å²) in [7, 11) is 0. The first kappa shape index (κ1) is 19.4. The van der Waals surface area contributed by atoms with E-state index in [0.717, 1.165) is 16.8 Å². The molecule has 0 heterocycles. The van der Waals surface area contributed by atoms with Crippen LogP contribution in [0.3, 0.4) is 0 Å². The zero-order valence-corrected chi connectivity index (χ0v) is 16.2. The van der Waals surface area contributed by atoms with Crippen molar-refractivity contribution in [3.05, 3.63) is 101 Å². The second-order valence-corrected chi connectivity index (χ2v) is 6.65. The van der Waals surface area contributed by atoms with Crippen molar-refractivity contribution in [1.82, 2.24) is 4.90 Å². The Labute approximate surface area is 165 Å². The van der Waals surface area contributed by atoms with E-state index in [-0.39, 0.29) is 11.8 Å². The molecule has 0 aliphatic rings. The summed E-state index contributed by atoms with van der Waals surface area (Å²) in [5.74, 6) is -0.234. The monoisotopic (exact) mass is 372 g/mol. The molecule has 0 saturated carbocycles. The summed E-state index contributed by atoms with van der Waals surface area (Å²) in [5.41, 5.74) is 3.97. The molecule has 0 aliphatic heterocycles. The lowest BCUT2D eigenvalue weighted by molar-refractivity contribution is 0.0752. The lowest BCUT2D eigenvalue weighted by Gasteiger charge is -2.21. The van der Waals surface area contributed by atoms with E-state index in [4.69, 9.17) is 0 Å². The van der Waals surface area contributed by atoms with Gasteiger partial charge in [-0.1, -0.05) is 48.5 Å². The summed E-state index contributed by atoms with van der Waals surface area (Å²) in [4.78, 5) is 27.1. The number of amides is 2. The zero-order valence-electron chi connectivity index (χ0n) is 16.2. The average Bonchev–Trinajstić information content (AvgIpc) is 2.74. The normalized spacial score (nSPS) is 10.4. The van der Waals surface area contributed by atoms with E-state index in [0.29, 0.717) is 24.2 Å². The van der Waals surface area contributed by atoms with Gasteiger partial charge in [-0.3, -0.25) is 9.59 Å². The Bertz CT molecular complexity index is 950. The van der Waals surface area contributed by atoms with E-state index in [1.54, 1.807) is 29.2 Å². The summed E-state index contributed by atoms with van der Waals surface area (Å²) in [6, 6.07) is 24.4. The van der Waals surface area contributed by atoms with Crippen molar-refractivity contribution in [3.63, 3.8) is 0 Å². The smallest absolute Gasteiger partial charge is 0.255 e. The quantitative estimate of drug-likeness (QED) is 0.668. The molecule has 4 nitrogen and oxygen atoms in total. The number of para-hydroxylation sites is 1. The Morgan fingerprint density at radius 3 is 2.07 bits per heavy atom. The molecule has 0 bridgehead atoms. The van der Waals surface area contributed by atoms with Gasteiger partial charge < -0.3 is 10.2 Å². The van der Waals surface area contributed by atoms with Crippen molar-refractivity contribution in [2.75, 3.05) is 11.9 Å². The predicted molar refractivity (Wildman–Crippen MR) is 112 cm³/mol. The summed E-state index contributed by atoms with van der Waals surface area (Å²) in [6.07, 6.45) is 0. The van der Waals surface area contributed by atoms with Gasteiger partial charge in [0.25, 0.3) is 11.8 Å². The van der Waals surface area contributed by atoms with E-state index in [9.17, 15) is 9.59 Å². The molecule has 4 heteroatoms. The third-order valence-corrected chi connectivity index (χ3v) is 4.67. The largest absolute Gasteiger partial charge is 0.335 e. The minimum Gasteiger partial charge on any atom is -0.335 e. The molecule has 0 aliphatic carbocycles. The van der Waals surface area contributed by atoms with Gasteiger partial charge in [0.1, 0.15) is 0 Å². The fourth-order valence-corrected chi connectivity index (χ4v) is 2.99. The number of hydrogen-bond donors (Lipinski definition) is 1. The lowest BCUT2D eigenvalue weighted by Crippen LogP contribution is -2.30. The maximum atomic E-state index is 12.8. The van der Waals surface area contributed by atoms with Crippen molar-refractivity contribution in [3.8, 4) is 0 Å². The number of benzene rings is 3. The minimum absolute atomic E-state index is 0.0442. The maximum absolute atomic E-state index is 12.8. The van der Waals surface area contributed by atoms with Crippen molar-refractivity contribution in [2.45, 2.75) is 20.4 Å². The third-order valence-electron chi connectivity index (χ3n) is 4.67. The van der Waals surface area contributed by atoms with Crippen LogP contribution in [-0.2, 0) is 6.54 Å². The van der Waals surface area contributed by atoms with Gasteiger partial charge in [-0.25, -0.2) is 0 Å². The third kappa shape index (κ3) is 4.65. The Morgan fingerprint density at radius 1 is 0.821 bits per heavy atom. The number of nitrogens with zero attached hydrogens (tertiary/aromatic N) is 1. The average molecular weight is 372 g/mol. The standard InChI is InChI=1S/C24H24N2O2/c1-3-26(17-19-10-5-4-6-11-19)24(28)21-15-13-20(14-16-21)23(27)25-22-12-8-7-9-18(22)2/h4-16H,3,17H2,1-2H3,(H,25,27). The molecule has 28 heavy (non-hydrogen) atoms. The van der Waals surface area contributed by atoms with Crippen LogP contribution in [0.2, 0.25) is 0 Å². The number of aryl methyl sites for hydroxylation is 1. The molecule has 3 aromatic rings. The molecule has 0 atom stereocenters. The van der Waals surface area contributed by atoms with Crippen LogP contribution in [0.5, 0.6) is 0 Å². The number of rotatable bonds is 6. The SMILES string of the molecule is CCN(Cc1ccccc1)C(=O)c1ccc(C(=O)Nc2ccccc2C)cc1. The number of carbonyl (C=O) groups is 2. The van der Waals surface area contributed by atoms with E-state index < -0.39 is 0 Å². The van der Waals surface area contributed by atoms with Crippen LogP contribution in [0.1, 0.15) is 38.8 Å². The summed E-state index contributed by atoms with van der Waals surface area (Å²) in [5, 5.41) is 2.91. The van der Waals surface area contributed by atoms with E-state index in [1.165, 1.54) is 0 Å². The molecule has 142 valence electrons. The van der Waals surface area contributed by atoms with Crippen LogP contribution in [0, 0.1) is 6.92 Å². The van der Waals surface area contributed by atoms with Crippen LogP contribution in [0.4, 0.5) is 5.69 Å². The summed E-state index contributed by atoms with van der Waals surface area (Å²) >= 11 is 0. The second kappa shape index (κ2) is 9.00. The molecule has 0 aromatic heterocycles. The number of carbonyl (C=O) groups excluding carboxylic acids is 2. The highest BCUT2D eigenvalue weighted by Gasteiger charge is 2.15. The Hall–Kier alpha value is -3.40. The fourth-order valence-electron chi connectivity index (χ4n) is 2.99. The molecule has 0 spiro atoms. The molecule has 2 amide bonds. The van der Waals surface area contributed by atoms with E-state index in [1.807, 2.05) is 68.4 Å². The number of anilines is 1. The van der Waals surface area contributed by atoms with E-state index >= 15 is 0 Å². The molecule has 0 unspecified atom stereocenters. The molecule has 1 N–H and O–H groups in total. The Kier molecular flexibility index (Phi) is 6.22. The maximum Gasteiger partial charge on any atom is 0.255 e. The van der Waals surface area contributed by atoms with Gasteiger partial charge in [0.2, 0.25) is 0 Å². The summed E-state index contributed by atoms with van der Waals surface area (Å²) in [6.45, 7) is 5.09. The molecule has 0 fully saturated rings. The Morgan fingerprint density at radius 2 is 1.43 bits per heavy atom. The van der Waals surface area contributed by atoms with Gasteiger partial charge in [-0.15, -0.1) is 0 Å². The van der Waals surface area contributed by atoms with Crippen LogP contribution >= 0.6 is 0 Å². The predicted octanol–water partition coefficient (Wildman–Crippen LogP) is 4.91. The number of nitrogens with one attached hydrogen (secondary N) is 1. The minimum atomic E-state index is -0.190. The fraction of sp³-hybridized carbons (Fsp3) is 0.167. The highest BCUT2D eigenvalue weighted by Crippen LogP contribution is 2.16. The summed E-state index contributed by atoms with van der Waals surface area (Å²) < 4.78 is 0. The molecule has 0 saturated heterocycles. The molecular weight excluding hydrogens is 348 g/mol. The zero-order chi connectivity index (χ0) is 19.9. The van der Waals surface area contributed by atoms with Gasteiger partial charge in [-0.05, 0) is 55.3 Å². The number of hydrogen-bond acceptors (Lipinski definition) is 2. The first-order chi connectivity index (χ1) is 13.6. The van der Waals surface area contributed by atoms with Crippen molar-refractivity contribution in [1.29, 1.82) is 0 Å². The van der Waals surface area contributed by atoms with Crippen molar-refractivity contribution >= 4 is 17.5 Å². The van der Waals surface area contributed by atoms with Gasteiger partial charge in [-0.2, -0.15) is 0 Å². The highest BCUT2D eigenvalue weighted by atomic mass is 16.2. The van der Waals surface area contributed by atoms with Crippen LogP contribution in [0.15, 0.2) is 78.9 Å². The molecular formula is C24H24N2O2. The molecule has 3 rings (SSSR count). The topological polar surface area (TPSA) is 49.4 Å². The van der Waals surface area contributed by atoms with Gasteiger partial charge in [0.15, 0.2) is 0 Å². The van der Waals surface area contributed by atoms with Crippen LogP contribution < -0.4 is 5.32 Å². The molecule has 3 aromatic carbocycles.